The van der Waals surface area contributed by atoms with Crippen LogP contribution in [0.25, 0.3) is 27.6 Å². The number of pyridine rings is 1. The minimum atomic E-state index is 0.399. The Kier molecular flexibility index (Phi) is 2.59. The Bertz CT molecular complexity index is 969. The number of imidazole rings is 1. The second-order valence-corrected chi connectivity index (χ2v) is 5.24. The molecule has 102 valence electrons. The number of hydrogen-bond acceptors (Lipinski definition) is 3. The van der Waals surface area contributed by atoms with Crippen LogP contribution in [0.5, 0.6) is 0 Å². The number of fused-ring (bicyclic) bond motifs is 2. The van der Waals surface area contributed by atoms with Crippen LogP contribution in [-0.2, 0) is 0 Å². The van der Waals surface area contributed by atoms with Gasteiger partial charge in [0.1, 0.15) is 5.52 Å². The predicted octanol–water partition coefficient (Wildman–Crippen LogP) is 3.81. The third-order valence-corrected chi connectivity index (χ3v) is 3.70. The van der Waals surface area contributed by atoms with Crippen molar-refractivity contribution in [3.63, 3.8) is 0 Å². The summed E-state index contributed by atoms with van der Waals surface area (Å²) in [6, 6.07) is 16.0. The molecule has 0 aliphatic heterocycles. The van der Waals surface area contributed by atoms with E-state index in [2.05, 4.69) is 28.2 Å². The Hall–Kier alpha value is -2.59. The molecule has 0 radical (unpaired) electrons. The van der Waals surface area contributed by atoms with Crippen molar-refractivity contribution in [3.8, 4) is 5.69 Å². The molecule has 0 saturated carbocycles. The summed E-state index contributed by atoms with van der Waals surface area (Å²) >= 11 is 5.97. The molecule has 4 rings (SSSR count). The average molecular weight is 295 g/mol. The first-order valence-corrected chi connectivity index (χ1v) is 6.89. The lowest BCUT2D eigenvalue weighted by Crippen LogP contribution is -2.02. The number of nitrogens with two attached hydrogens (primary N) is 1. The minimum Gasteiger partial charge on any atom is -0.369 e. The van der Waals surface area contributed by atoms with Crippen LogP contribution < -0.4 is 5.73 Å². The Balaban J connectivity index is 2.11. The summed E-state index contributed by atoms with van der Waals surface area (Å²) in [5.74, 6) is 0.399. The number of aromatic nitrogens is 3. The van der Waals surface area contributed by atoms with Gasteiger partial charge in [-0.05, 0) is 17.5 Å². The molecule has 0 spiro atoms. The van der Waals surface area contributed by atoms with Gasteiger partial charge in [-0.3, -0.25) is 4.57 Å². The van der Waals surface area contributed by atoms with Crippen LogP contribution >= 0.6 is 11.6 Å². The van der Waals surface area contributed by atoms with Crippen LogP contribution in [0, 0.1) is 0 Å². The molecular weight excluding hydrogens is 284 g/mol. The van der Waals surface area contributed by atoms with Crippen molar-refractivity contribution in [1.82, 2.24) is 14.5 Å². The summed E-state index contributed by atoms with van der Waals surface area (Å²) in [5, 5.41) is 2.79. The first-order valence-electron chi connectivity index (χ1n) is 6.51. The van der Waals surface area contributed by atoms with E-state index in [1.807, 2.05) is 28.8 Å². The SMILES string of the molecule is Nc1nc2cc(Cl)cnc2n1-c1cccc2ccccc12. The number of anilines is 1. The molecule has 0 saturated heterocycles. The van der Waals surface area contributed by atoms with Crippen LogP contribution in [-0.4, -0.2) is 14.5 Å². The van der Waals surface area contributed by atoms with Crippen molar-refractivity contribution in [2.45, 2.75) is 0 Å². The molecule has 21 heavy (non-hydrogen) atoms. The summed E-state index contributed by atoms with van der Waals surface area (Å²) in [5.41, 5.74) is 8.45. The maximum Gasteiger partial charge on any atom is 0.207 e. The summed E-state index contributed by atoms with van der Waals surface area (Å²) in [7, 11) is 0. The standard InChI is InChI=1S/C16H11ClN4/c17-11-8-13-15(19-9-11)21(16(18)20-13)14-7-3-5-10-4-1-2-6-12(10)14/h1-9H,(H2,18,20). The highest BCUT2D eigenvalue weighted by molar-refractivity contribution is 6.31. The van der Waals surface area contributed by atoms with Gasteiger partial charge in [-0.2, -0.15) is 0 Å². The van der Waals surface area contributed by atoms with Crippen LogP contribution in [0.15, 0.2) is 54.7 Å². The second-order valence-electron chi connectivity index (χ2n) is 4.80. The summed E-state index contributed by atoms with van der Waals surface area (Å²) in [6.45, 7) is 0. The number of benzene rings is 2. The zero-order valence-corrected chi connectivity index (χ0v) is 11.7. The van der Waals surface area contributed by atoms with Gasteiger partial charge < -0.3 is 5.73 Å². The highest BCUT2D eigenvalue weighted by Gasteiger charge is 2.13. The van der Waals surface area contributed by atoms with Crippen LogP contribution in [0.3, 0.4) is 0 Å². The molecule has 0 amide bonds. The molecule has 0 fully saturated rings. The van der Waals surface area contributed by atoms with E-state index in [0.29, 0.717) is 22.1 Å². The van der Waals surface area contributed by atoms with E-state index < -0.39 is 0 Å². The quantitative estimate of drug-likeness (QED) is 0.581. The number of rotatable bonds is 1. The Morgan fingerprint density at radius 3 is 2.76 bits per heavy atom. The fourth-order valence-corrected chi connectivity index (χ4v) is 2.75. The van der Waals surface area contributed by atoms with Crippen LogP contribution in [0.4, 0.5) is 5.95 Å². The van der Waals surface area contributed by atoms with Gasteiger partial charge in [0.25, 0.3) is 0 Å². The van der Waals surface area contributed by atoms with E-state index in [1.54, 1.807) is 12.3 Å². The van der Waals surface area contributed by atoms with Crippen molar-refractivity contribution in [2.75, 3.05) is 5.73 Å². The smallest absolute Gasteiger partial charge is 0.207 e. The summed E-state index contributed by atoms with van der Waals surface area (Å²) in [4.78, 5) is 8.72. The molecule has 0 aliphatic carbocycles. The molecule has 0 atom stereocenters. The fraction of sp³-hybridized carbons (Fsp3) is 0. The van der Waals surface area contributed by atoms with Gasteiger partial charge in [0.2, 0.25) is 5.95 Å². The predicted molar refractivity (Wildman–Crippen MR) is 85.8 cm³/mol. The normalized spacial score (nSPS) is 11.3. The van der Waals surface area contributed by atoms with Gasteiger partial charge in [-0.25, -0.2) is 9.97 Å². The Morgan fingerprint density at radius 1 is 1.05 bits per heavy atom. The first kappa shape index (κ1) is 12.2. The van der Waals surface area contributed by atoms with Crippen molar-refractivity contribution >= 4 is 39.5 Å². The Labute approximate surface area is 125 Å². The summed E-state index contributed by atoms with van der Waals surface area (Å²) < 4.78 is 1.86. The topological polar surface area (TPSA) is 56.7 Å². The van der Waals surface area contributed by atoms with Gasteiger partial charge in [-0.1, -0.05) is 48.0 Å². The zero-order chi connectivity index (χ0) is 14.4. The molecule has 2 heterocycles. The average Bonchev–Trinajstić information content (AvgIpc) is 2.81. The van der Waals surface area contributed by atoms with Gasteiger partial charge in [0.05, 0.1) is 10.7 Å². The van der Waals surface area contributed by atoms with Crippen LogP contribution in [0.1, 0.15) is 0 Å². The fourth-order valence-electron chi connectivity index (χ4n) is 2.60. The molecule has 2 aromatic heterocycles. The maximum atomic E-state index is 6.10. The van der Waals surface area contributed by atoms with Gasteiger partial charge in [-0.15, -0.1) is 0 Å². The van der Waals surface area contributed by atoms with Gasteiger partial charge >= 0.3 is 0 Å². The lowest BCUT2D eigenvalue weighted by Gasteiger charge is -2.09. The van der Waals surface area contributed by atoms with Crippen LogP contribution in [0.2, 0.25) is 5.02 Å². The van der Waals surface area contributed by atoms with Crippen molar-refractivity contribution < 1.29 is 0 Å². The van der Waals surface area contributed by atoms with E-state index >= 15 is 0 Å². The maximum absolute atomic E-state index is 6.10. The first-order chi connectivity index (χ1) is 10.2. The van der Waals surface area contributed by atoms with Crippen molar-refractivity contribution in [1.29, 1.82) is 0 Å². The monoisotopic (exact) mass is 294 g/mol. The van der Waals surface area contributed by atoms with E-state index in [0.717, 1.165) is 16.5 Å². The van der Waals surface area contributed by atoms with Crippen molar-refractivity contribution in [2.24, 2.45) is 0 Å². The highest BCUT2D eigenvalue weighted by Crippen LogP contribution is 2.28. The third-order valence-electron chi connectivity index (χ3n) is 3.50. The molecule has 5 heteroatoms. The Morgan fingerprint density at radius 2 is 1.86 bits per heavy atom. The minimum absolute atomic E-state index is 0.399. The molecule has 0 unspecified atom stereocenters. The highest BCUT2D eigenvalue weighted by atomic mass is 35.5. The molecule has 2 N–H and O–H groups in total. The van der Waals surface area contributed by atoms with Gasteiger partial charge in [0, 0.05) is 11.6 Å². The molecule has 2 aromatic carbocycles. The molecule has 4 nitrogen and oxygen atoms in total. The largest absolute Gasteiger partial charge is 0.369 e. The number of hydrogen-bond donors (Lipinski definition) is 1. The summed E-state index contributed by atoms with van der Waals surface area (Å²) in [6.07, 6.45) is 1.60. The lowest BCUT2D eigenvalue weighted by molar-refractivity contribution is 1.10. The van der Waals surface area contributed by atoms with Crippen molar-refractivity contribution in [3.05, 3.63) is 59.8 Å². The van der Waals surface area contributed by atoms with E-state index in [1.165, 1.54) is 0 Å². The molecule has 4 aromatic rings. The number of halogens is 1. The lowest BCUT2D eigenvalue weighted by atomic mass is 10.1. The molecule has 0 bridgehead atoms. The van der Waals surface area contributed by atoms with Gasteiger partial charge in [0.15, 0.2) is 5.65 Å². The molecular formula is C16H11ClN4. The number of nitrogens with zero attached hydrogens (tertiary/aromatic N) is 3. The number of nitrogen functional groups attached to an aromatic ring is 1. The zero-order valence-electron chi connectivity index (χ0n) is 11.0. The third kappa shape index (κ3) is 1.84. The van der Waals surface area contributed by atoms with E-state index in [4.69, 9.17) is 17.3 Å². The second kappa shape index (κ2) is 4.46. The van der Waals surface area contributed by atoms with E-state index in [-0.39, 0.29) is 0 Å². The van der Waals surface area contributed by atoms with E-state index in [9.17, 15) is 0 Å². The molecule has 0 aliphatic rings.